The standard InChI is InChI=1S/C13H21NO2S/c1-9(17-3)6-7-14-10(2)12-8-11(15)4-5-13(12)16/h4-5,8-10,14-16H,6-7H2,1-3H3. The lowest BCUT2D eigenvalue weighted by atomic mass is 10.1. The number of hydrogen-bond acceptors (Lipinski definition) is 4. The minimum atomic E-state index is 0.0381. The number of phenols is 2. The van der Waals surface area contributed by atoms with Crippen LogP contribution in [0, 0.1) is 0 Å². The van der Waals surface area contributed by atoms with Crippen molar-refractivity contribution in [3.8, 4) is 11.5 Å². The van der Waals surface area contributed by atoms with Gasteiger partial charge in [-0.25, -0.2) is 0 Å². The molecule has 0 aliphatic heterocycles. The molecule has 0 aromatic heterocycles. The molecule has 0 aliphatic carbocycles. The van der Waals surface area contributed by atoms with E-state index in [-0.39, 0.29) is 17.5 Å². The van der Waals surface area contributed by atoms with E-state index in [4.69, 9.17) is 0 Å². The van der Waals surface area contributed by atoms with E-state index in [0.717, 1.165) is 18.5 Å². The van der Waals surface area contributed by atoms with Gasteiger partial charge in [-0.15, -0.1) is 0 Å². The first kappa shape index (κ1) is 14.2. The van der Waals surface area contributed by atoms with Gasteiger partial charge in [0, 0.05) is 16.9 Å². The molecule has 0 amide bonds. The second-order valence-corrected chi connectivity index (χ2v) is 5.53. The number of rotatable bonds is 6. The highest BCUT2D eigenvalue weighted by Gasteiger charge is 2.11. The molecule has 2 unspecified atom stereocenters. The van der Waals surface area contributed by atoms with Crippen molar-refractivity contribution in [2.75, 3.05) is 12.8 Å². The van der Waals surface area contributed by atoms with Gasteiger partial charge in [0.15, 0.2) is 0 Å². The summed E-state index contributed by atoms with van der Waals surface area (Å²) < 4.78 is 0. The summed E-state index contributed by atoms with van der Waals surface area (Å²) in [5, 5.41) is 23.1. The van der Waals surface area contributed by atoms with Crippen molar-refractivity contribution in [3.63, 3.8) is 0 Å². The summed E-state index contributed by atoms with van der Waals surface area (Å²) in [5.41, 5.74) is 0.738. The van der Waals surface area contributed by atoms with Gasteiger partial charge in [0.1, 0.15) is 11.5 Å². The van der Waals surface area contributed by atoms with E-state index in [1.54, 1.807) is 6.07 Å². The maximum absolute atomic E-state index is 9.70. The summed E-state index contributed by atoms with van der Waals surface area (Å²) >= 11 is 1.85. The monoisotopic (exact) mass is 255 g/mol. The number of aromatic hydroxyl groups is 2. The van der Waals surface area contributed by atoms with Crippen LogP contribution in [0.3, 0.4) is 0 Å². The average Bonchev–Trinajstić information content (AvgIpc) is 2.31. The molecule has 0 heterocycles. The van der Waals surface area contributed by atoms with Gasteiger partial charge in [-0.05, 0) is 44.3 Å². The smallest absolute Gasteiger partial charge is 0.120 e. The van der Waals surface area contributed by atoms with Gasteiger partial charge < -0.3 is 15.5 Å². The maximum Gasteiger partial charge on any atom is 0.120 e. The lowest BCUT2D eigenvalue weighted by Crippen LogP contribution is -2.22. The predicted octanol–water partition coefficient (Wildman–Crippen LogP) is 2.89. The van der Waals surface area contributed by atoms with Crippen LogP contribution in [0.25, 0.3) is 0 Å². The predicted molar refractivity (Wildman–Crippen MR) is 73.8 cm³/mol. The Morgan fingerprint density at radius 1 is 1.29 bits per heavy atom. The van der Waals surface area contributed by atoms with E-state index < -0.39 is 0 Å². The molecule has 0 saturated carbocycles. The summed E-state index contributed by atoms with van der Waals surface area (Å²) in [7, 11) is 0. The molecular weight excluding hydrogens is 234 g/mol. The molecule has 1 rings (SSSR count). The van der Waals surface area contributed by atoms with Crippen molar-refractivity contribution < 1.29 is 10.2 Å². The summed E-state index contributed by atoms with van der Waals surface area (Å²) in [6.07, 6.45) is 3.19. The second-order valence-electron chi connectivity index (χ2n) is 4.25. The minimum absolute atomic E-state index is 0.0381. The maximum atomic E-state index is 9.70. The molecule has 96 valence electrons. The Balaban J connectivity index is 2.52. The molecule has 0 fully saturated rings. The Morgan fingerprint density at radius 3 is 2.65 bits per heavy atom. The number of nitrogens with one attached hydrogen (secondary N) is 1. The van der Waals surface area contributed by atoms with Gasteiger partial charge in [-0.3, -0.25) is 0 Å². The Labute approximate surface area is 107 Å². The highest BCUT2D eigenvalue weighted by atomic mass is 32.2. The fraction of sp³-hybridized carbons (Fsp3) is 0.538. The van der Waals surface area contributed by atoms with E-state index in [0.29, 0.717) is 5.25 Å². The first-order valence-electron chi connectivity index (χ1n) is 5.82. The van der Waals surface area contributed by atoms with Crippen molar-refractivity contribution in [1.82, 2.24) is 5.32 Å². The van der Waals surface area contributed by atoms with Crippen molar-refractivity contribution in [3.05, 3.63) is 23.8 Å². The molecule has 17 heavy (non-hydrogen) atoms. The largest absolute Gasteiger partial charge is 0.508 e. The Hall–Kier alpha value is -0.870. The third kappa shape index (κ3) is 4.48. The van der Waals surface area contributed by atoms with Gasteiger partial charge in [0.25, 0.3) is 0 Å². The van der Waals surface area contributed by atoms with Crippen LogP contribution in [-0.2, 0) is 0 Å². The summed E-state index contributed by atoms with van der Waals surface area (Å²) in [6, 6.07) is 4.65. The molecule has 0 saturated heterocycles. The molecule has 1 aromatic rings. The highest BCUT2D eigenvalue weighted by molar-refractivity contribution is 7.99. The molecule has 0 bridgehead atoms. The van der Waals surface area contributed by atoms with Crippen LogP contribution in [0.15, 0.2) is 18.2 Å². The fourth-order valence-corrected chi connectivity index (χ4v) is 1.97. The van der Waals surface area contributed by atoms with Crippen molar-refractivity contribution in [1.29, 1.82) is 0 Å². The van der Waals surface area contributed by atoms with Crippen LogP contribution in [0.5, 0.6) is 11.5 Å². The number of hydrogen-bond donors (Lipinski definition) is 3. The highest BCUT2D eigenvalue weighted by Crippen LogP contribution is 2.27. The van der Waals surface area contributed by atoms with Crippen molar-refractivity contribution in [2.45, 2.75) is 31.6 Å². The number of benzene rings is 1. The second kappa shape index (κ2) is 6.77. The third-order valence-corrected chi connectivity index (χ3v) is 3.92. The zero-order valence-corrected chi connectivity index (χ0v) is 11.4. The van der Waals surface area contributed by atoms with E-state index >= 15 is 0 Å². The molecule has 0 radical (unpaired) electrons. The lowest BCUT2D eigenvalue weighted by Gasteiger charge is -2.17. The Kier molecular flexibility index (Phi) is 5.65. The normalized spacial score (nSPS) is 14.5. The SMILES string of the molecule is CSC(C)CCNC(C)c1cc(O)ccc1O. The zero-order chi connectivity index (χ0) is 12.8. The Morgan fingerprint density at radius 2 is 2.00 bits per heavy atom. The van der Waals surface area contributed by atoms with Crippen LogP contribution < -0.4 is 5.32 Å². The van der Waals surface area contributed by atoms with Crippen LogP contribution in [0.1, 0.15) is 31.9 Å². The van der Waals surface area contributed by atoms with Crippen LogP contribution in [0.2, 0.25) is 0 Å². The molecule has 3 nitrogen and oxygen atoms in total. The van der Waals surface area contributed by atoms with Gasteiger partial charge in [-0.1, -0.05) is 6.92 Å². The van der Waals surface area contributed by atoms with Gasteiger partial charge in [-0.2, -0.15) is 11.8 Å². The third-order valence-electron chi connectivity index (χ3n) is 2.88. The van der Waals surface area contributed by atoms with Gasteiger partial charge in [0.05, 0.1) is 0 Å². The first-order valence-corrected chi connectivity index (χ1v) is 7.11. The van der Waals surface area contributed by atoms with Crippen molar-refractivity contribution >= 4 is 11.8 Å². The zero-order valence-electron chi connectivity index (χ0n) is 10.6. The van der Waals surface area contributed by atoms with E-state index in [1.165, 1.54) is 12.1 Å². The molecule has 2 atom stereocenters. The van der Waals surface area contributed by atoms with E-state index in [2.05, 4.69) is 18.5 Å². The number of phenolic OH excluding ortho intramolecular Hbond substituents is 2. The average molecular weight is 255 g/mol. The van der Waals surface area contributed by atoms with Gasteiger partial charge >= 0.3 is 0 Å². The molecule has 3 N–H and O–H groups in total. The van der Waals surface area contributed by atoms with Crippen molar-refractivity contribution in [2.24, 2.45) is 0 Å². The molecule has 4 heteroatoms. The molecule has 0 spiro atoms. The first-order chi connectivity index (χ1) is 8.04. The van der Waals surface area contributed by atoms with Crippen LogP contribution >= 0.6 is 11.8 Å². The number of thioether (sulfide) groups is 1. The molecular formula is C13H21NO2S. The van der Waals surface area contributed by atoms with E-state index in [1.807, 2.05) is 18.7 Å². The fourth-order valence-electron chi connectivity index (χ4n) is 1.62. The van der Waals surface area contributed by atoms with Crippen LogP contribution in [0.4, 0.5) is 0 Å². The van der Waals surface area contributed by atoms with Crippen LogP contribution in [-0.4, -0.2) is 28.3 Å². The minimum Gasteiger partial charge on any atom is -0.508 e. The summed E-state index contributed by atoms with van der Waals surface area (Å²) in [4.78, 5) is 0. The topological polar surface area (TPSA) is 52.5 Å². The molecule has 0 aliphatic rings. The molecule has 1 aromatic carbocycles. The Bertz CT molecular complexity index is 357. The quantitative estimate of drug-likeness (QED) is 0.684. The lowest BCUT2D eigenvalue weighted by molar-refractivity contribution is 0.440. The van der Waals surface area contributed by atoms with E-state index in [9.17, 15) is 10.2 Å². The van der Waals surface area contributed by atoms with Gasteiger partial charge in [0.2, 0.25) is 0 Å². The summed E-state index contributed by atoms with van der Waals surface area (Å²) in [6.45, 7) is 5.08. The summed E-state index contributed by atoms with van der Waals surface area (Å²) in [5.74, 6) is 0.407.